The number of rotatable bonds is 8. The third-order valence-electron chi connectivity index (χ3n) is 2.53. The molecule has 0 amide bonds. The zero-order chi connectivity index (χ0) is 12.5. The van der Waals surface area contributed by atoms with Crippen molar-refractivity contribution in [3.63, 3.8) is 0 Å². The zero-order valence-electron chi connectivity index (χ0n) is 9.84. The van der Waals surface area contributed by atoms with E-state index < -0.39 is 6.10 Å². The van der Waals surface area contributed by atoms with Gasteiger partial charge in [-0.1, -0.05) is 28.0 Å². The molecule has 6 heteroatoms. The maximum atomic E-state index is 11.2. The summed E-state index contributed by atoms with van der Waals surface area (Å²) < 4.78 is 4.81. The van der Waals surface area contributed by atoms with Crippen LogP contribution in [0.1, 0.15) is 32.1 Å². The predicted octanol–water partition coefficient (Wildman–Crippen LogP) is 1.60. The van der Waals surface area contributed by atoms with E-state index in [1.54, 1.807) is 0 Å². The molecule has 1 saturated heterocycles. The average Bonchev–Trinajstić information content (AvgIpc) is 2.84. The third kappa shape index (κ3) is 7.18. The van der Waals surface area contributed by atoms with Crippen LogP contribution in [0.2, 0.25) is 0 Å². The van der Waals surface area contributed by atoms with E-state index in [1.807, 2.05) is 21.6 Å². The summed E-state index contributed by atoms with van der Waals surface area (Å²) in [4.78, 5) is 11.2. The summed E-state index contributed by atoms with van der Waals surface area (Å²) in [6.45, 7) is -0.478. The maximum Gasteiger partial charge on any atom is 0.305 e. The summed E-state index contributed by atoms with van der Waals surface area (Å²) in [5.41, 5.74) is 0. The average molecular weight is 280 g/mol. The Hall–Kier alpha value is 0.0900. The fourth-order valence-corrected chi connectivity index (χ4v) is 4.55. The number of carbonyl (C=O) groups is 1. The second-order valence-electron chi connectivity index (χ2n) is 4.09. The monoisotopic (exact) mass is 280 g/mol. The Bertz CT molecular complexity index is 220. The smallest absolute Gasteiger partial charge is 0.305 e. The summed E-state index contributed by atoms with van der Waals surface area (Å²) in [6.07, 6.45) is 3.80. The van der Waals surface area contributed by atoms with Crippen LogP contribution in [0.25, 0.3) is 0 Å². The third-order valence-corrected chi connectivity index (χ3v) is 5.54. The molecule has 17 heavy (non-hydrogen) atoms. The quantitative estimate of drug-likeness (QED) is 0.400. The van der Waals surface area contributed by atoms with Gasteiger partial charge in [0.05, 0.1) is 6.61 Å². The Labute approximate surface area is 110 Å². The van der Waals surface area contributed by atoms with Crippen molar-refractivity contribution in [1.29, 1.82) is 0 Å². The van der Waals surface area contributed by atoms with Gasteiger partial charge < -0.3 is 14.9 Å². The van der Waals surface area contributed by atoms with Gasteiger partial charge in [-0.15, -0.1) is 0 Å². The maximum absolute atomic E-state index is 11.2. The molecule has 0 aromatic carbocycles. The van der Waals surface area contributed by atoms with Gasteiger partial charge in [-0.3, -0.25) is 4.79 Å². The van der Waals surface area contributed by atoms with Gasteiger partial charge >= 0.3 is 5.97 Å². The first-order valence-corrected chi connectivity index (χ1v) is 8.33. The van der Waals surface area contributed by atoms with E-state index in [1.165, 1.54) is 18.6 Å². The zero-order valence-corrected chi connectivity index (χ0v) is 11.5. The molecule has 2 atom stereocenters. The van der Waals surface area contributed by atoms with E-state index >= 15 is 0 Å². The number of ether oxygens (including phenoxy) is 1. The lowest BCUT2D eigenvalue weighted by atomic mass is 10.1. The first kappa shape index (κ1) is 15.1. The summed E-state index contributed by atoms with van der Waals surface area (Å²) in [6, 6.07) is 0. The van der Waals surface area contributed by atoms with Crippen LogP contribution in [0.15, 0.2) is 0 Å². The highest BCUT2D eigenvalue weighted by molar-refractivity contribution is 8.77. The van der Waals surface area contributed by atoms with Gasteiger partial charge in [-0.25, -0.2) is 0 Å². The van der Waals surface area contributed by atoms with Crippen LogP contribution < -0.4 is 0 Å². The van der Waals surface area contributed by atoms with Crippen molar-refractivity contribution >= 4 is 27.6 Å². The topological polar surface area (TPSA) is 66.8 Å². The highest BCUT2D eigenvalue weighted by atomic mass is 33.1. The molecule has 0 spiro atoms. The largest absolute Gasteiger partial charge is 0.463 e. The molecule has 4 nitrogen and oxygen atoms in total. The van der Waals surface area contributed by atoms with E-state index in [-0.39, 0.29) is 19.2 Å². The fraction of sp³-hybridized carbons (Fsp3) is 0.909. The van der Waals surface area contributed by atoms with E-state index in [4.69, 9.17) is 14.9 Å². The minimum Gasteiger partial charge on any atom is -0.463 e. The van der Waals surface area contributed by atoms with Crippen molar-refractivity contribution in [2.24, 2.45) is 0 Å². The minimum atomic E-state index is -0.953. The van der Waals surface area contributed by atoms with Gasteiger partial charge in [-0.05, 0) is 19.3 Å². The minimum absolute atomic E-state index is 0.107. The fourth-order valence-electron chi connectivity index (χ4n) is 1.52. The molecule has 0 aromatic rings. The first-order valence-electron chi connectivity index (χ1n) is 5.95. The lowest BCUT2D eigenvalue weighted by molar-refractivity contribution is -0.147. The van der Waals surface area contributed by atoms with Gasteiger partial charge in [0.15, 0.2) is 0 Å². The standard InChI is InChI=1S/C11H20O4S2/c12-7-9(13)8-15-11(14)4-2-1-3-10-5-6-16-17-10/h9-10,12-13H,1-8H2/t9-,10+/m0/s1. The summed E-state index contributed by atoms with van der Waals surface area (Å²) in [7, 11) is 3.89. The lowest BCUT2D eigenvalue weighted by Crippen LogP contribution is -2.21. The van der Waals surface area contributed by atoms with Crippen LogP contribution >= 0.6 is 21.6 Å². The Kier molecular flexibility index (Phi) is 8.09. The number of aliphatic hydroxyl groups is 2. The van der Waals surface area contributed by atoms with Crippen molar-refractivity contribution in [3.8, 4) is 0 Å². The predicted molar refractivity (Wildman–Crippen MR) is 71.0 cm³/mol. The number of esters is 1. The number of unbranched alkanes of at least 4 members (excludes halogenated alkanes) is 1. The molecule has 0 saturated carbocycles. The highest BCUT2D eigenvalue weighted by Crippen LogP contribution is 2.39. The molecule has 1 aliphatic heterocycles. The molecule has 1 aliphatic rings. The summed E-state index contributed by atoms with van der Waals surface area (Å²) in [5, 5.41) is 18.3. The van der Waals surface area contributed by atoms with Crippen molar-refractivity contribution in [3.05, 3.63) is 0 Å². The molecule has 0 unspecified atom stereocenters. The van der Waals surface area contributed by atoms with E-state index in [9.17, 15) is 4.79 Å². The number of hydrogen-bond acceptors (Lipinski definition) is 6. The molecule has 1 heterocycles. The molecule has 0 aliphatic carbocycles. The SMILES string of the molecule is O=C(CCCC[C@@H]1CCSS1)OC[C@@H](O)CO. The van der Waals surface area contributed by atoms with E-state index in [0.29, 0.717) is 6.42 Å². The van der Waals surface area contributed by atoms with Gasteiger partial charge in [0, 0.05) is 17.4 Å². The second kappa shape index (κ2) is 9.08. The molecule has 0 bridgehead atoms. The highest BCUT2D eigenvalue weighted by Gasteiger charge is 2.16. The molecule has 1 rings (SSSR count). The van der Waals surface area contributed by atoms with Gasteiger partial charge in [0.1, 0.15) is 12.7 Å². The Morgan fingerprint density at radius 1 is 1.47 bits per heavy atom. The van der Waals surface area contributed by atoms with Gasteiger partial charge in [0.2, 0.25) is 0 Å². The van der Waals surface area contributed by atoms with E-state index in [2.05, 4.69) is 0 Å². The molecule has 0 radical (unpaired) electrons. The van der Waals surface area contributed by atoms with Crippen molar-refractivity contribution in [2.75, 3.05) is 19.0 Å². The van der Waals surface area contributed by atoms with Crippen LogP contribution in [0.5, 0.6) is 0 Å². The molecule has 0 aromatic heterocycles. The van der Waals surface area contributed by atoms with Crippen molar-refractivity contribution < 1.29 is 19.7 Å². The first-order chi connectivity index (χ1) is 8.22. The molecule has 100 valence electrons. The van der Waals surface area contributed by atoms with E-state index in [0.717, 1.165) is 18.1 Å². The van der Waals surface area contributed by atoms with Gasteiger partial charge in [0.25, 0.3) is 0 Å². The van der Waals surface area contributed by atoms with Crippen LogP contribution in [0.4, 0.5) is 0 Å². The lowest BCUT2D eigenvalue weighted by Gasteiger charge is -2.09. The normalized spacial score (nSPS) is 21.4. The Morgan fingerprint density at radius 3 is 2.94 bits per heavy atom. The van der Waals surface area contributed by atoms with Crippen LogP contribution in [-0.2, 0) is 9.53 Å². The Morgan fingerprint density at radius 2 is 2.29 bits per heavy atom. The molecular formula is C11H20O4S2. The number of hydrogen-bond donors (Lipinski definition) is 2. The second-order valence-corrected chi connectivity index (χ2v) is 6.88. The van der Waals surface area contributed by atoms with Crippen LogP contribution in [0.3, 0.4) is 0 Å². The van der Waals surface area contributed by atoms with Gasteiger partial charge in [-0.2, -0.15) is 0 Å². The Balaban J connectivity index is 1.92. The summed E-state index contributed by atoms with van der Waals surface area (Å²) >= 11 is 0. The molecule has 1 fully saturated rings. The number of carbonyl (C=O) groups excluding carboxylic acids is 1. The molecular weight excluding hydrogens is 260 g/mol. The molecule has 2 N–H and O–H groups in total. The van der Waals surface area contributed by atoms with Crippen LogP contribution in [0, 0.1) is 0 Å². The van der Waals surface area contributed by atoms with Crippen molar-refractivity contribution in [1.82, 2.24) is 0 Å². The van der Waals surface area contributed by atoms with Crippen LogP contribution in [-0.4, -0.2) is 46.5 Å². The number of aliphatic hydroxyl groups excluding tert-OH is 2. The van der Waals surface area contributed by atoms with Crippen molar-refractivity contribution in [2.45, 2.75) is 43.5 Å². The summed E-state index contributed by atoms with van der Waals surface area (Å²) in [5.74, 6) is 0.960.